The van der Waals surface area contributed by atoms with E-state index in [4.69, 9.17) is 11.6 Å². The van der Waals surface area contributed by atoms with E-state index >= 15 is 0 Å². The van der Waals surface area contributed by atoms with Crippen LogP contribution in [0.15, 0.2) is 29.2 Å². The quantitative estimate of drug-likeness (QED) is 0.781. The van der Waals surface area contributed by atoms with E-state index in [1.54, 1.807) is 12.1 Å². The molecule has 0 N–H and O–H groups in total. The summed E-state index contributed by atoms with van der Waals surface area (Å²) in [6.45, 7) is 0.693. The Labute approximate surface area is 126 Å². The molecule has 1 fully saturated rings. The lowest BCUT2D eigenvalue weighted by Crippen LogP contribution is -2.39. The Kier molecular flexibility index (Phi) is 5.33. The van der Waals surface area contributed by atoms with Crippen molar-refractivity contribution in [3.8, 4) is 0 Å². The molecule has 0 bridgehead atoms. The predicted octanol–water partition coefficient (Wildman–Crippen LogP) is 3.47. The van der Waals surface area contributed by atoms with Gasteiger partial charge in [0.15, 0.2) is 9.84 Å². The van der Waals surface area contributed by atoms with Crippen LogP contribution in [0.3, 0.4) is 0 Å². The molecule has 0 heterocycles. The van der Waals surface area contributed by atoms with Crippen LogP contribution in [0.2, 0.25) is 0 Å². The standard InChI is InChI=1S/C15H22ClNO2S/c1-20(18,19)15-10-6-5-9-14(15)17(12-11-16)13-7-3-2-4-8-13/h5-6,9-10,13H,2-4,7-8,11-12H2,1H3. The van der Waals surface area contributed by atoms with Crippen LogP contribution in [0.1, 0.15) is 32.1 Å². The SMILES string of the molecule is CS(=O)(=O)c1ccccc1N(CCCl)C1CCCCC1. The average Bonchev–Trinajstić information content (AvgIpc) is 2.45. The number of benzene rings is 1. The van der Waals surface area contributed by atoms with E-state index in [0.29, 0.717) is 23.4 Å². The summed E-state index contributed by atoms with van der Waals surface area (Å²) in [5.74, 6) is 0.509. The van der Waals surface area contributed by atoms with Crippen molar-refractivity contribution < 1.29 is 8.42 Å². The highest BCUT2D eigenvalue weighted by molar-refractivity contribution is 7.90. The van der Waals surface area contributed by atoms with Gasteiger partial charge in [-0.3, -0.25) is 0 Å². The molecule has 2 rings (SSSR count). The minimum atomic E-state index is -3.22. The summed E-state index contributed by atoms with van der Waals surface area (Å²) in [4.78, 5) is 2.61. The zero-order chi connectivity index (χ0) is 14.6. The van der Waals surface area contributed by atoms with Gasteiger partial charge in [-0.15, -0.1) is 11.6 Å². The van der Waals surface area contributed by atoms with Gasteiger partial charge >= 0.3 is 0 Å². The first-order chi connectivity index (χ1) is 9.54. The Morgan fingerprint density at radius 2 is 1.85 bits per heavy atom. The Morgan fingerprint density at radius 3 is 2.45 bits per heavy atom. The number of rotatable bonds is 5. The van der Waals surface area contributed by atoms with E-state index in [0.717, 1.165) is 18.5 Å². The van der Waals surface area contributed by atoms with Crippen molar-refractivity contribution in [2.45, 2.75) is 43.0 Å². The summed E-state index contributed by atoms with van der Waals surface area (Å²) in [7, 11) is -3.22. The van der Waals surface area contributed by atoms with Gasteiger partial charge in [0, 0.05) is 24.7 Å². The third kappa shape index (κ3) is 3.67. The van der Waals surface area contributed by atoms with Crippen LogP contribution in [0.5, 0.6) is 0 Å². The lowest BCUT2D eigenvalue weighted by molar-refractivity contribution is 0.417. The highest BCUT2D eigenvalue weighted by Gasteiger charge is 2.25. The lowest BCUT2D eigenvalue weighted by Gasteiger charge is -2.36. The highest BCUT2D eigenvalue weighted by atomic mass is 35.5. The Morgan fingerprint density at radius 1 is 1.20 bits per heavy atom. The van der Waals surface area contributed by atoms with Crippen LogP contribution >= 0.6 is 11.6 Å². The smallest absolute Gasteiger partial charge is 0.177 e. The monoisotopic (exact) mass is 315 g/mol. The molecule has 1 aliphatic carbocycles. The van der Waals surface area contributed by atoms with Crippen molar-refractivity contribution >= 4 is 27.1 Å². The minimum absolute atomic E-state index is 0.408. The third-order valence-corrected chi connectivity index (χ3v) is 5.23. The van der Waals surface area contributed by atoms with Crippen LogP contribution in [0.25, 0.3) is 0 Å². The number of para-hydroxylation sites is 1. The summed E-state index contributed by atoms with van der Waals surface area (Å²) >= 11 is 5.94. The molecule has 1 aromatic rings. The van der Waals surface area contributed by atoms with E-state index in [9.17, 15) is 8.42 Å². The number of anilines is 1. The molecule has 3 nitrogen and oxygen atoms in total. The molecule has 0 unspecified atom stereocenters. The van der Waals surface area contributed by atoms with Gasteiger partial charge < -0.3 is 4.90 Å². The summed E-state index contributed by atoms with van der Waals surface area (Å²) in [6, 6.07) is 7.67. The zero-order valence-electron chi connectivity index (χ0n) is 11.9. The van der Waals surface area contributed by atoms with E-state index < -0.39 is 9.84 Å². The number of hydrogen-bond acceptors (Lipinski definition) is 3. The molecule has 1 aliphatic rings. The first-order valence-corrected chi connectivity index (χ1v) is 9.58. The predicted molar refractivity (Wildman–Crippen MR) is 84.5 cm³/mol. The van der Waals surface area contributed by atoms with Crippen molar-refractivity contribution in [1.29, 1.82) is 0 Å². The lowest BCUT2D eigenvalue weighted by atomic mass is 9.94. The zero-order valence-corrected chi connectivity index (χ0v) is 13.5. The van der Waals surface area contributed by atoms with Crippen molar-refractivity contribution in [3.05, 3.63) is 24.3 Å². The molecule has 0 atom stereocenters. The molecule has 112 valence electrons. The highest BCUT2D eigenvalue weighted by Crippen LogP contribution is 2.31. The fourth-order valence-corrected chi connectivity index (χ4v) is 4.06. The van der Waals surface area contributed by atoms with E-state index in [1.807, 2.05) is 12.1 Å². The van der Waals surface area contributed by atoms with Gasteiger partial charge in [-0.2, -0.15) is 0 Å². The Balaban J connectivity index is 2.38. The van der Waals surface area contributed by atoms with E-state index in [2.05, 4.69) is 4.90 Å². The number of alkyl halides is 1. The summed E-state index contributed by atoms with van der Waals surface area (Å²) in [5, 5.41) is 0. The van der Waals surface area contributed by atoms with Crippen molar-refractivity contribution in [2.75, 3.05) is 23.6 Å². The second-order valence-corrected chi connectivity index (χ2v) is 7.78. The summed E-state index contributed by atoms with van der Waals surface area (Å²) in [5.41, 5.74) is 0.808. The number of hydrogen-bond donors (Lipinski definition) is 0. The van der Waals surface area contributed by atoms with Gasteiger partial charge in [-0.1, -0.05) is 31.4 Å². The van der Waals surface area contributed by atoms with E-state index in [-0.39, 0.29) is 0 Å². The molecule has 0 amide bonds. The molecule has 0 radical (unpaired) electrons. The maximum atomic E-state index is 12.0. The Bertz CT molecular complexity index is 539. The molecule has 1 saturated carbocycles. The Hall–Kier alpha value is -0.740. The van der Waals surface area contributed by atoms with E-state index in [1.165, 1.54) is 25.5 Å². The van der Waals surface area contributed by atoms with Crippen molar-refractivity contribution in [1.82, 2.24) is 0 Å². The third-order valence-electron chi connectivity index (χ3n) is 3.92. The number of nitrogens with zero attached hydrogens (tertiary/aromatic N) is 1. The minimum Gasteiger partial charge on any atom is -0.366 e. The largest absolute Gasteiger partial charge is 0.366 e. The molecular formula is C15H22ClNO2S. The molecule has 0 saturated heterocycles. The first-order valence-electron chi connectivity index (χ1n) is 7.15. The average molecular weight is 316 g/mol. The van der Waals surface area contributed by atoms with Gasteiger partial charge in [0.1, 0.15) is 0 Å². The normalized spacial score (nSPS) is 17.1. The van der Waals surface area contributed by atoms with Crippen LogP contribution in [0.4, 0.5) is 5.69 Å². The van der Waals surface area contributed by atoms with Crippen LogP contribution in [0, 0.1) is 0 Å². The molecule has 5 heteroatoms. The summed E-state index contributed by atoms with van der Waals surface area (Å²) < 4.78 is 24.0. The molecular weight excluding hydrogens is 294 g/mol. The maximum absolute atomic E-state index is 12.0. The molecule has 1 aromatic carbocycles. The fraction of sp³-hybridized carbons (Fsp3) is 0.600. The van der Waals surface area contributed by atoms with Crippen LogP contribution in [-0.4, -0.2) is 33.1 Å². The first kappa shape index (κ1) is 15.6. The van der Waals surface area contributed by atoms with Crippen molar-refractivity contribution in [2.24, 2.45) is 0 Å². The van der Waals surface area contributed by atoms with Gasteiger partial charge in [-0.05, 0) is 25.0 Å². The van der Waals surface area contributed by atoms with Gasteiger partial charge in [0.25, 0.3) is 0 Å². The molecule has 0 aromatic heterocycles. The molecule has 0 aliphatic heterocycles. The van der Waals surface area contributed by atoms with Crippen LogP contribution < -0.4 is 4.90 Å². The summed E-state index contributed by atoms with van der Waals surface area (Å²) in [6.07, 6.45) is 7.21. The topological polar surface area (TPSA) is 37.4 Å². The van der Waals surface area contributed by atoms with Crippen molar-refractivity contribution in [3.63, 3.8) is 0 Å². The molecule has 20 heavy (non-hydrogen) atoms. The van der Waals surface area contributed by atoms with Gasteiger partial charge in [0.2, 0.25) is 0 Å². The second-order valence-electron chi connectivity index (χ2n) is 5.41. The molecule has 0 spiro atoms. The fourth-order valence-electron chi connectivity index (χ4n) is 2.99. The number of halogens is 1. The van der Waals surface area contributed by atoms with Gasteiger partial charge in [0.05, 0.1) is 10.6 Å². The number of sulfone groups is 1. The maximum Gasteiger partial charge on any atom is 0.177 e. The van der Waals surface area contributed by atoms with Gasteiger partial charge in [-0.25, -0.2) is 8.42 Å². The second kappa shape index (κ2) is 6.81. The van der Waals surface area contributed by atoms with Crippen LogP contribution in [-0.2, 0) is 9.84 Å².